The summed E-state index contributed by atoms with van der Waals surface area (Å²) in [5.74, 6) is 1.24. The van der Waals surface area contributed by atoms with Crippen LogP contribution in [0.4, 0.5) is 4.79 Å². The normalized spacial score (nSPS) is 22.7. The average molecular weight is 320 g/mol. The average Bonchev–Trinajstić information content (AvgIpc) is 3.08. The van der Waals surface area contributed by atoms with Gasteiger partial charge in [-0.25, -0.2) is 4.79 Å². The number of nitrogens with zero attached hydrogens (tertiary/aromatic N) is 3. The maximum atomic E-state index is 12.2. The van der Waals surface area contributed by atoms with Crippen molar-refractivity contribution in [2.45, 2.75) is 24.6 Å². The fourth-order valence-corrected chi connectivity index (χ4v) is 4.15. The first-order valence-corrected chi connectivity index (χ1v) is 9.13. The number of hydrogen-bond donors (Lipinski definition) is 1. The summed E-state index contributed by atoms with van der Waals surface area (Å²) in [5, 5.41) is 3.71. The van der Waals surface area contributed by atoms with Crippen molar-refractivity contribution in [2.24, 2.45) is 0 Å². The molecule has 1 aromatic heterocycles. The van der Waals surface area contributed by atoms with Crippen LogP contribution in [0.3, 0.4) is 0 Å². The molecule has 22 heavy (non-hydrogen) atoms. The van der Waals surface area contributed by atoms with E-state index in [1.807, 2.05) is 35.0 Å². The molecule has 1 N–H and O–H groups in total. The highest BCUT2D eigenvalue weighted by atomic mass is 32.2. The van der Waals surface area contributed by atoms with Gasteiger partial charge in [0.15, 0.2) is 0 Å². The molecule has 0 bridgehead atoms. The van der Waals surface area contributed by atoms with Crippen LogP contribution in [-0.2, 0) is 6.54 Å². The lowest BCUT2D eigenvalue weighted by Crippen LogP contribution is -2.52. The van der Waals surface area contributed by atoms with Crippen molar-refractivity contribution < 1.29 is 4.79 Å². The van der Waals surface area contributed by atoms with Crippen LogP contribution in [0.25, 0.3) is 0 Å². The van der Waals surface area contributed by atoms with Crippen LogP contribution in [0, 0.1) is 0 Å². The quantitative estimate of drug-likeness (QED) is 0.919. The van der Waals surface area contributed by atoms with Crippen molar-refractivity contribution in [1.82, 2.24) is 20.1 Å². The van der Waals surface area contributed by atoms with E-state index in [0.717, 1.165) is 45.0 Å². The number of thioether (sulfide) groups is 1. The Morgan fingerprint density at radius 1 is 1.32 bits per heavy atom. The van der Waals surface area contributed by atoms with Crippen LogP contribution >= 0.6 is 11.8 Å². The zero-order valence-electron chi connectivity index (χ0n) is 12.9. The molecule has 1 unspecified atom stereocenters. The fraction of sp³-hybridized carbons (Fsp3) is 0.625. The third-order valence-corrected chi connectivity index (χ3v) is 5.67. The van der Waals surface area contributed by atoms with Gasteiger partial charge >= 0.3 is 6.03 Å². The molecule has 3 heterocycles. The largest absolute Gasteiger partial charge is 0.337 e. The molecule has 0 radical (unpaired) electrons. The van der Waals surface area contributed by atoms with Gasteiger partial charge in [0.2, 0.25) is 0 Å². The minimum Gasteiger partial charge on any atom is -0.337 e. The Morgan fingerprint density at radius 2 is 2.18 bits per heavy atom. The second-order valence-corrected chi connectivity index (χ2v) is 7.31. The van der Waals surface area contributed by atoms with Gasteiger partial charge in [-0.2, -0.15) is 11.8 Å². The van der Waals surface area contributed by atoms with Gasteiger partial charge in [-0.1, -0.05) is 6.07 Å². The lowest BCUT2D eigenvalue weighted by Gasteiger charge is -2.34. The molecule has 6 heteroatoms. The van der Waals surface area contributed by atoms with Gasteiger partial charge in [-0.15, -0.1) is 0 Å². The number of carbonyl (C=O) groups excluding carboxylic acids is 1. The fourth-order valence-electron chi connectivity index (χ4n) is 2.95. The number of pyridine rings is 1. The maximum absolute atomic E-state index is 12.2. The summed E-state index contributed by atoms with van der Waals surface area (Å²) in [6, 6.07) is 6.12. The van der Waals surface area contributed by atoms with E-state index in [9.17, 15) is 4.79 Å². The van der Waals surface area contributed by atoms with Gasteiger partial charge in [0.25, 0.3) is 0 Å². The molecule has 2 amide bonds. The summed E-state index contributed by atoms with van der Waals surface area (Å²) < 4.78 is 0. The Labute approximate surface area is 136 Å². The maximum Gasteiger partial charge on any atom is 0.317 e. The highest BCUT2D eigenvalue weighted by molar-refractivity contribution is 8.00. The van der Waals surface area contributed by atoms with Gasteiger partial charge in [0.1, 0.15) is 0 Å². The molecule has 1 atom stereocenters. The van der Waals surface area contributed by atoms with Gasteiger partial charge in [-0.3, -0.25) is 9.88 Å². The van der Waals surface area contributed by atoms with Crippen molar-refractivity contribution in [3.05, 3.63) is 30.1 Å². The van der Waals surface area contributed by atoms with E-state index in [-0.39, 0.29) is 6.03 Å². The molecule has 2 fully saturated rings. The lowest BCUT2D eigenvalue weighted by molar-refractivity contribution is 0.134. The van der Waals surface area contributed by atoms with Crippen LogP contribution in [0.1, 0.15) is 18.5 Å². The van der Waals surface area contributed by atoms with Crippen LogP contribution in [0.2, 0.25) is 0 Å². The SMILES string of the molecule is O=C(NCC1CCCS1)N1CCN(Cc2ccccn2)CC1. The highest BCUT2D eigenvalue weighted by Gasteiger charge is 2.22. The van der Waals surface area contributed by atoms with E-state index in [2.05, 4.69) is 21.3 Å². The summed E-state index contributed by atoms with van der Waals surface area (Å²) in [6.07, 6.45) is 4.36. The zero-order valence-corrected chi connectivity index (χ0v) is 13.7. The monoisotopic (exact) mass is 320 g/mol. The second kappa shape index (κ2) is 7.83. The van der Waals surface area contributed by atoms with E-state index in [1.54, 1.807) is 0 Å². The molecule has 2 saturated heterocycles. The molecule has 0 saturated carbocycles. The van der Waals surface area contributed by atoms with Crippen molar-refractivity contribution in [1.29, 1.82) is 0 Å². The first kappa shape index (κ1) is 15.6. The Morgan fingerprint density at radius 3 is 2.86 bits per heavy atom. The lowest BCUT2D eigenvalue weighted by atomic mass is 10.2. The molecule has 2 aliphatic heterocycles. The number of carbonyl (C=O) groups is 1. The molecule has 0 aliphatic carbocycles. The minimum absolute atomic E-state index is 0.102. The number of aromatic nitrogens is 1. The second-order valence-electron chi connectivity index (χ2n) is 5.91. The van der Waals surface area contributed by atoms with Gasteiger partial charge in [0, 0.05) is 50.7 Å². The third kappa shape index (κ3) is 4.36. The van der Waals surface area contributed by atoms with E-state index in [1.165, 1.54) is 18.6 Å². The molecule has 120 valence electrons. The molecule has 1 aromatic rings. The topological polar surface area (TPSA) is 48.5 Å². The Balaban J connectivity index is 1.38. The Kier molecular flexibility index (Phi) is 5.56. The summed E-state index contributed by atoms with van der Waals surface area (Å²) >= 11 is 1.98. The van der Waals surface area contributed by atoms with E-state index in [0.29, 0.717) is 5.25 Å². The van der Waals surface area contributed by atoms with Crippen molar-refractivity contribution in [3.8, 4) is 0 Å². The summed E-state index contributed by atoms with van der Waals surface area (Å²) in [6.45, 7) is 5.13. The minimum atomic E-state index is 0.102. The molecular formula is C16H24N4OS. The number of amides is 2. The third-order valence-electron chi connectivity index (χ3n) is 4.28. The number of piperazine rings is 1. The molecule has 0 aromatic carbocycles. The first-order valence-electron chi connectivity index (χ1n) is 8.08. The molecule has 0 spiro atoms. The van der Waals surface area contributed by atoms with Crippen LogP contribution in [0.15, 0.2) is 24.4 Å². The summed E-state index contributed by atoms with van der Waals surface area (Å²) in [7, 11) is 0. The smallest absolute Gasteiger partial charge is 0.317 e. The summed E-state index contributed by atoms with van der Waals surface area (Å²) in [5.41, 5.74) is 1.10. The number of nitrogens with one attached hydrogen (secondary N) is 1. The van der Waals surface area contributed by atoms with Crippen LogP contribution in [-0.4, -0.2) is 64.5 Å². The highest BCUT2D eigenvalue weighted by Crippen LogP contribution is 2.25. The summed E-state index contributed by atoms with van der Waals surface area (Å²) in [4.78, 5) is 20.9. The Hall–Kier alpha value is -1.27. The number of hydrogen-bond acceptors (Lipinski definition) is 4. The van der Waals surface area contributed by atoms with Crippen molar-refractivity contribution in [2.75, 3.05) is 38.5 Å². The van der Waals surface area contributed by atoms with Crippen LogP contribution < -0.4 is 5.32 Å². The van der Waals surface area contributed by atoms with E-state index in [4.69, 9.17) is 0 Å². The molecule has 5 nitrogen and oxygen atoms in total. The molecular weight excluding hydrogens is 296 g/mol. The van der Waals surface area contributed by atoms with Crippen LogP contribution in [0.5, 0.6) is 0 Å². The van der Waals surface area contributed by atoms with Crippen molar-refractivity contribution in [3.63, 3.8) is 0 Å². The molecule has 3 rings (SSSR count). The number of rotatable bonds is 4. The number of urea groups is 1. The zero-order chi connectivity index (χ0) is 15.2. The van der Waals surface area contributed by atoms with Gasteiger partial charge in [-0.05, 0) is 30.7 Å². The van der Waals surface area contributed by atoms with Gasteiger partial charge in [0.05, 0.1) is 5.69 Å². The van der Waals surface area contributed by atoms with Gasteiger partial charge < -0.3 is 10.2 Å². The first-order chi connectivity index (χ1) is 10.8. The van der Waals surface area contributed by atoms with E-state index < -0.39 is 0 Å². The van der Waals surface area contributed by atoms with E-state index >= 15 is 0 Å². The predicted molar refractivity (Wildman–Crippen MR) is 90.0 cm³/mol. The Bertz CT molecular complexity index is 470. The van der Waals surface area contributed by atoms with Crippen molar-refractivity contribution >= 4 is 17.8 Å². The predicted octanol–water partition coefficient (Wildman–Crippen LogP) is 1.80. The molecule has 2 aliphatic rings. The standard InChI is InChI=1S/C16H24N4OS/c21-16(18-12-15-5-3-11-22-15)20-9-7-19(8-10-20)13-14-4-1-2-6-17-14/h1-2,4,6,15H,3,5,7-13H2,(H,18,21).